The van der Waals surface area contributed by atoms with Crippen LogP contribution in [0.5, 0.6) is 0 Å². The molecule has 5 nitrogen and oxygen atoms in total. The smallest absolute Gasteiger partial charge is 0.358 e. The maximum atomic E-state index is 14.3. The van der Waals surface area contributed by atoms with E-state index in [1.807, 2.05) is 0 Å². The van der Waals surface area contributed by atoms with Crippen LogP contribution in [0.15, 0.2) is 18.5 Å². The first kappa shape index (κ1) is 18.0. The maximum Gasteiger partial charge on any atom is 0.408 e. The van der Waals surface area contributed by atoms with Crippen LogP contribution < -0.4 is 5.32 Å². The molecule has 0 spiro atoms. The van der Waals surface area contributed by atoms with Crippen molar-refractivity contribution in [2.45, 2.75) is 26.1 Å². The fraction of sp³-hybridized carbons (Fsp3) is 0.267. The van der Waals surface area contributed by atoms with Gasteiger partial charge in [-0.05, 0) is 13.8 Å². The Bertz CT molecular complexity index is 958. The summed E-state index contributed by atoms with van der Waals surface area (Å²) in [6.07, 6.45) is -3.60. The number of fused-ring (bicyclic) bond motifs is 1. The molecule has 3 aromatic rings. The summed E-state index contributed by atoms with van der Waals surface area (Å²) in [5.74, 6) is -4.15. The first-order chi connectivity index (χ1) is 12.1. The highest BCUT2D eigenvalue weighted by molar-refractivity contribution is 5.79. The molecule has 1 aromatic carbocycles. The Labute approximate surface area is 142 Å². The number of rotatable bonds is 3. The third kappa shape index (κ3) is 3.04. The summed E-state index contributed by atoms with van der Waals surface area (Å²) in [7, 11) is 0. The molecule has 0 bridgehead atoms. The van der Waals surface area contributed by atoms with Crippen molar-refractivity contribution in [3.63, 3.8) is 0 Å². The average molecular weight is 375 g/mol. The molecule has 0 aliphatic carbocycles. The Balaban J connectivity index is 2.32. The second-order valence-corrected chi connectivity index (χ2v) is 5.54. The van der Waals surface area contributed by atoms with Crippen LogP contribution in [0.2, 0.25) is 0 Å². The molecule has 1 atom stereocenters. The van der Waals surface area contributed by atoms with Crippen LogP contribution in [-0.2, 0) is 0 Å². The predicted molar refractivity (Wildman–Crippen MR) is 80.0 cm³/mol. The molecule has 138 valence electrons. The van der Waals surface area contributed by atoms with Gasteiger partial charge in [0.25, 0.3) is 5.78 Å². The van der Waals surface area contributed by atoms with Gasteiger partial charge in [-0.1, -0.05) is 0 Å². The molecule has 26 heavy (non-hydrogen) atoms. The van der Waals surface area contributed by atoms with Gasteiger partial charge in [-0.15, -0.1) is 0 Å². The van der Waals surface area contributed by atoms with Crippen LogP contribution in [0.4, 0.5) is 32.2 Å². The Morgan fingerprint density at radius 2 is 1.69 bits per heavy atom. The monoisotopic (exact) mass is 375 g/mol. The SMILES string of the molecule is Cc1nc2ncnn2c(NC(C)C(F)(F)F)c1-c1c(F)cc(F)cc1F. The number of nitrogens with zero attached hydrogens (tertiary/aromatic N) is 4. The zero-order chi connectivity index (χ0) is 19.2. The van der Waals surface area contributed by atoms with Crippen LogP contribution in [-0.4, -0.2) is 31.8 Å². The lowest BCUT2D eigenvalue weighted by molar-refractivity contribution is -0.138. The van der Waals surface area contributed by atoms with E-state index in [1.165, 1.54) is 6.92 Å². The number of benzene rings is 1. The van der Waals surface area contributed by atoms with Crippen LogP contribution in [0.1, 0.15) is 12.6 Å². The van der Waals surface area contributed by atoms with E-state index in [0.29, 0.717) is 12.1 Å². The molecule has 0 fully saturated rings. The van der Waals surface area contributed by atoms with Crippen molar-refractivity contribution in [3.8, 4) is 11.1 Å². The lowest BCUT2D eigenvalue weighted by Gasteiger charge is -2.22. The fourth-order valence-electron chi connectivity index (χ4n) is 2.45. The summed E-state index contributed by atoms with van der Waals surface area (Å²) >= 11 is 0. The summed E-state index contributed by atoms with van der Waals surface area (Å²) in [6.45, 7) is 2.18. The van der Waals surface area contributed by atoms with Crippen molar-refractivity contribution in [1.29, 1.82) is 0 Å². The van der Waals surface area contributed by atoms with Gasteiger partial charge in [-0.3, -0.25) is 0 Å². The van der Waals surface area contributed by atoms with E-state index in [0.717, 1.165) is 17.8 Å². The first-order valence-corrected chi connectivity index (χ1v) is 7.28. The van der Waals surface area contributed by atoms with Crippen molar-refractivity contribution >= 4 is 11.6 Å². The lowest BCUT2D eigenvalue weighted by atomic mass is 10.0. The summed E-state index contributed by atoms with van der Waals surface area (Å²) in [5.41, 5.74) is -1.04. The molecule has 0 saturated carbocycles. The molecule has 2 heterocycles. The van der Waals surface area contributed by atoms with Gasteiger partial charge in [0.15, 0.2) is 0 Å². The van der Waals surface area contributed by atoms with Gasteiger partial charge in [-0.2, -0.15) is 27.8 Å². The van der Waals surface area contributed by atoms with Crippen molar-refractivity contribution in [3.05, 3.63) is 41.6 Å². The molecule has 0 aliphatic heterocycles. The molecule has 3 rings (SSSR count). The highest BCUT2D eigenvalue weighted by Crippen LogP contribution is 2.36. The third-order valence-electron chi connectivity index (χ3n) is 3.71. The van der Waals surface area contributed by atoms with E-state index in [1.54, 1.807) is 0 Å². The Morgan fingerprint density at radius 1 is 1.08 bits per heavy atom. The fourth-order valence-corrected chi connectivity index (χ4v) is 2.45. The van der Waals surface area contributed by atoms with Crippen LogP contribution in [0, 0.1) is 24.4 Å². The maximum absolute atomic E-state index is 14.3. The number of halogens is 6. The number of aromatic nitrogens is 4. The van der Waals surface area contributed by atoms with Gasteiger partial charge in [0.05, 0.1) is 16.8 Å². The van der Waals surface area contributed by atoms with E-state index in [2.05, 4.69) is 20.4 Å². The zero-order valence-electron chi connectivity index (χ0n) is 13.4. The number of aryl methyl sites for hydroxylation is 1. The number of hydrogen-bond donors (Lipinski definition) is 1. The zero-order valence-corrected chi connectivity index (χ0v) is 13.4. The predicted octanol–water partition coefficient (Wildman–Crippen LogP) is 3.88. The summed E-state index contributed by atoms with van der Waals surface area (Å²) in [5, 5.41) is 5.91. The number of hydrogen-bond acceptors (Lipinski definition) is 4. The molecular weight excluding hydrogens is 364 g/mol. The molecule has 1 N–H and O–H groups in total. The minimum atomic E-state index is -4.64. The summed E-state index contributed by atoms with van der Waals surface area (Å²) in [4.78, 5) is 7.76. The highest BCUT2D eigenvalue weighted by Gasteiger charge is 2.37. The second kappa shape index (κ2) is 6.15. The van der Waals surface area contributed by atoms with Gasteiger partial charge in [0.1, 0.15) is 35.6 Å². The lowest BCUT2D eigenvalue weighted by Crippen LogP contribution is -2.34. The molecule has 0 amide bonds. The third-order valence-corrected chi connectivity index (χ3v) is 3.71. The first-order valence-electron chi connectivity index (χ1n) is 7.28. The topological polar surface area (TPSA) is 55.1 Å². The Morgan fingerprint density at radius 3 is 2.27 bits per heavy atom. The quantitative estimate of drug-likeness (QED) is 0.706. The van der Waals surface area contributed by atoms with E-state index in [4.69, 9.17) is 0 Å². The van der Waals surface area contributed by atoms with Gasteiger partial charge in [0.2, 0.25) is 0 Å². The van der Waals surface area contributed by atoms with Crippen molar-refractivity contribution < 1.29 is 26.3 Å². The van der Waals surface area contributed by atoms with Gasteiger partial charge < -0.3 is 5.32 Å². The van der Waals surface area contributed by atoms with E-state index in [-0.39, 0.29) is 22.9 Å². The van der Waals surface area contributed by atoms with Crippen molar-refractivity contribution in [1.82, 2.24) is 19.6 Å². The molecule has 0 saturated heterocycles. The second-order valence-electron chi connectivity index (χ2n) is 5.54. The molecule has 1 unspecified atom stereocenters. The number of nitrogens with one attached hydrogen (secondary N) is 1. The van der Waals surface area contributed by atoms with Crippen molar-refractivity contribution in [2.24, 2.45) is 0 Å². The normalized spacial score (nSPS) is 13.2. The summed E-state index contributed by atoms with van der Waals surface area (Å²) < 4.78 is 81.6. The molecule has 0 aliphatic rings. The van der Waals surface area contributed by atoms with E-state index < -0.39 is 35.2 Å². The minimum absolute atomic E-state index is 0.00761. The van der Waals surface area contributed by atoms with Gasteiger partial charge in [-0.25, -0.2) is 18.2 Å². The van der Waals surface area contributed by atoms with Gasteiger partial charge in [0, 0.05) is 12.1 Å². The van der Waals surface area contributed by atoms with Crippen LogP contribution >= 0.6 is 0 Å². The molecule has 0 radical (unpaired) electrons. The highest BCUT2D eigenvalue weighted by atomic mass is 19.4. The minimum Gasteiger partial charge on any atom is -0.358 e. The number of anilines is 1. The van der Waals surface area contributed by atoms with Crippen molar-refractivity contribution in [2.75, 3.05) is 5.32 Å². The standard InChI is InChI=1S/C15H11F6N5/c1-6-11(12-9(17)3-8(16)4-10(12)18)13(25-7(2)15(19,20)21)26-14(24-6)22-5-23-26/h3-5,7,25H,1-2H3. The van der Waals surface area contributed by atoms with E-state index >= 15 is 0 Å². The Kier molecular flexibility index (Phi) is 4.24. The van der Waals surface area contributed by atoms with Crippen LogP contribution in [0.3, 0.4) is 0 Å². The average Bonchev–Trinajstić information content (AvgIpc) is 2.95. The number of alkyl halides is 3. The molecule has 2 aromatic heterocycles. The van der Waals surface area contributed by atoms with Crippen LogP contribution in [0.25, 0.3) is 16.9 Å². The largest absolute Gasteiger partial charge is 0.408 e. The van der Waals surface area contributed by atoms with Gasteiger partial charge >= 0.3 is 6.18 Å². The molecular formula is C15H11F6N5. The molecule has 11 heteroatoms. The Hall–Kier alpha value is -2.85. The summed E-state index contributed by atoms with van der Waals surface area (Å²) in [6, 6.07) is -1.21. The van der Waals surface area contributed by atoms with E-state index in [9.17, 15) is 26.3 Å².